The summed E-state index contributed by atoms with van der Waals surface area (Å²) in [5, 5.41) is 3.54. The summed E-state index contributed by atoms with van der Waals surface area (Å²) in [6.07, 6.45) is 0. The molecular weight excluding hydrogens is 312 g/mol. The topological polar surface area (TPSA) is 15.3 Å². The molecule has 0 amide bonds. The van der Waals surface area contributed by atoms with E-state index in [-0.39, 0.29) is 0 Å². The Hall–Kier alpha value is -0.540. The van der Waals surface area contributed by atoms with Crippen molar-refractivity contribution in [1.82, 2.24) is 5.32 Å². The van der Waals surface area contributed by atoms with Crippen molar-refractivity contribution in [1.29, 1.82) is 0 Å². The van der Waals surface area contributed by atoms with Gasteiger partial charge in [-0.25, -0.2) is 0 Å². The average molecular weight is 341 g/mol. The van der Waals surface area contributed by atoms with E-state index >= 15 is 0 Å². The van der Waals surface area contributed by atoms with Crippen LogP contribution in [0.25, 0.3) is 0 Å². The Balaban J connectivity index is 2.84. The fraction of sp³-hybridized carbons (Fsp3) is 0.647. The molecule has 0 fully saturated rings. The number of hydrogen-bond donors (Lipinski definition) is 1. The van der Waals surface area contributed by atoms with Crippen molar-refractivity contribution < 1.29 is 0 Å². The Labute approximate surface area is 133 Å². The summed E-state index contributed by atoms with van der Waals surface area (Å²) in [7, 11) is 2.18. The lowest BCUT2D eigenvalue weighted by Crippen LogP contribution is -2.30. The molecule has 0 aromatic heterocycles. The first kappa shape index (κ1) is 17.5. The van der Waals surface area contributed by atoms with Gasteiger partial charge in [0, 0.05) is 30.3 Å². The first-order chi connectivity index (χ1) is 9.19. The second-order valence-corrected chi connectivity index (χ2v) is 8.13. The molecule has 0 aliphatic rings. The number of halogens is 1. The van der Waals surface area contributed by atoms with Crippen molar-refractivity contribution in [2.45, 2.75) is 41.2 Å². The summed E-state index contributed by atoms with van der Waals surface area (Å²) in [4.78, 5) is 2.36. The van der Waals surface area contributed by atoms with Crippen molar-refractivity contribution in [3.8, 4) is 0 Å². The monoisotopic (exact) mass is 340 g/mol. The molecule has 0 atom stereocenters. The normalized spacial score (nSPS) is 12.0. The van der Waals surface area contributed by atoms with Gasteiger partial charge < -0.3 is 10.2 Å². The van der Waals surface area contributed by atoms with Crippen molar-refractivity contribution in [3.05, 3.63) is 28.2 Å². The molecule has 0 unspecified atom stereocenters. The quantitative estimate of drug-likeness (QED) is 0.808. The van der Waals surface area contributed by atoms with Crippen LogP contribution >= 0.6 is 15.9 Å². The van der Waals surface area contributed by atoms with Crippen LogP contribution in [0.2, 0.25) is 0 Å². The van der Waals surface area contributed by atoms with Crippen molar-refractivity contribution in [2.75, 3.05) is 25.0 Å². The van der Waals surface area contributed by atoms with Crippen molar-refractivity contribution >= 4 is 21.6 Å². The summed E-state index contributed by atoms with van der Waals surface area (Å²) < 4.78 is 1.14. The van der Waals surface area contributed by atoms with Crippen LogP contribution in [0.5, 0.6) is 0 Å². The maximum Gasteiger partial charge on any atom is 0.0420 e. The van der Waals surface area contributed by atoms with Gasteiger partial charge in [-0.2, -0.15) is 0 Å². The van der Waals surface area contributed by atoms with E-state index in [2.05, 4.69) is 86.0 Å². The molecule has 0 heterocycles. The third-order valence-electron chi connectivity index (χ3n) is 3.04. The molecule has 1 aromatic rings. The van der Waals surface area contributed by atoms with E-state index in [0.717, 1.165) is 24.1 Å². The Morgan fingerprint density at radius 1 is 1.25 bits per heavy atom. The molecule has 0 spiro atoms. The zero-order valence-electron chi connectivity index (χ0n) is 13.8. The molecule has 2 nitrogen and oxygen atoms in total. The highest BCUT2D eigenvalue weighted by Gasteiger charge is 2.16. The highest BCUT2D eigenvalue weighted by Crippen LogP contribution is 2.27. The highest BCUT2D eigenvalue weighted by molar-refractivity contribution is 9.10. The van der Waals surface area contributed by atoms with Gasteiger partial charge in [-0.3, -0.25) is 0 Å². The molecule has 0 aliphatic heterocycles. The van der Waals surface area contributed by atoms with E-state index in [1.54, 1.807) is 0 Å². The molecule has 114 valence electrons. The van der Waals surface area contributed by atoms with E-state index < -0.39 is 0 Å². The van der Waals surface area contributed by atoms with E-state index in [4.69, 9.17) is 0 Å². The average Bonchev–Trinajstić information content (AvgIpc) is 2.28. The van der Waals surface area contributed by atoms with Crippen LogP contribution in [-0.2, 0) is 6.54 Å². The number of hydrogen-bond acceptors (Lipinski definition) is 2. The van der Waals surface area contributed by atoms with Crippen LogP contribution in [0, 0.1) is 11.3 Å². The van der Waals surface area contributed by atoms with Gasteiger partial charge in [0.15, 0.2) is 0 Å². The first-order valence-electron chi connectivity index (χ1n) is 7.39. The van der Waals surface area contributed by atoms with E-state index in [0.29, 0.717) is 11.3 Å². The van der Waals surface area contributed by atoms with Crippen LogP contribution in [-0.4, -0.2) is 20.1 Å². The second kappa shape index (κ2) is 7.46. The molecule has 0 aliphatic carbocycles. The largest absolute Gasteiger partial charge is 0.374 e. The lowest BCUT2D eigenvalue weighted by atomic mass is 9.95. The zero-order valence-corrected chi connectivity index (χ0v) is 15.3. The predicted molar refractivity (Wildman–Crippen MR) is 93.4 cm³/mol. The predicted octanol–water partition coefficient (Wildman–Crippen LogP) is 4.68. The SMILES string of the molecule is CC(C)CNCc1ccc(Br)cc1N(C)CC(C)(C)C. The van der Waals surface area contributed by atoms with Gasteiger partial charge >= 0.3 is 0 Å². The number of anilines is 1. The molecule has 1 aromatic carbocycles. The molecule has 0 radical (unpaired) electrons. The van der Waals surface area contributed by atoms with E-state index in [9.17, 15) is 0 Å². The van der Waals surface area contributed by atoms with Gasteiger partial charge in [-0.05, 0) is 35.6 Å². The summed E-state index contributed by atoms with van der Waals surface area (Å²) in [5.41, 5.74) is 2.96. The van der Waals surface area contributed by atoms with Crippen LogP contribution in [0.15, 0.2) is 22.7 Å². The number of nitrogens with zero attached hydrogens (tertiary/aromatic N) is 1. The van der Waals surface area contributed by atoms with E-state index in [1.807, 2.05) is 0 Å². The summed E-state index contributed by atoms with van der Waals surface area (Å²) in [6.45, 7) is 14.3. The minimum absolute atomic E-state index is 0.291. The lowest BCUT2D eigenvalue weighted by molar-refractivity contribution is 0.418. The van der Waals surface area contributed by atoms with Crippen LogP contribution in [0.1, 0.15) is 40.2 Å². The van der Waals surface area contributed by atoms with Gasteiger partial charge in [0.1, 0.15) is 0 Å². The molecule has 3 heteroatoms. The fourth-order valence-electron chi connectivity index (χ4n) is 2.33. The second-order valence-electron chi connectivity index (χ2n) is 7.21. The minimum atomic E-state index is 0.291. The summed E-state index contributed by atoms with van der Waals surface area (Å²) in [5.74, 6) is 0.682. The molecule has 0 saturated carbocycles. The zero-order chi connectivity index (χ0) is 15.3. The van der Waals surface area contributed by atoms with Crippen LogP contribution in [0.3, 0.4) is 0 Å². The van der Waals surface area contributed by atoms with Gasteiger partial charge in [-0.15, -0.1) is 0 Å². The summed E-state index contributed by atoms with van der Waals surface area (Å²) >= 11 is 3.59. The Morgan fingerprint density at radius 2 is 1.90 bits per heavy atom. The number of nitrogens with one attached hydrogen (secondary N) is 1. The third kappa shape index (κ3) is 6.27. The highest BCUT2D eigenvalue weighted by atomic mass is 79.9. The maximum atomic E-state index is 3.59. The van der Waals surface area contributed by atoms with Gasteiger partial charge in [0.25, 0.3) is 0 Å². The minimum Gasteiger partial charge on any atom is -0.374 e. The maximum absolute atomic E-state index is 3.59. The van der Waals surface area contributed by atoms with Gasteiger partial charge in [0.2, 0.25) is 0 Å². The smallest absolute Gasteiger partial charge is 0.0420 e. The molecular formula is C17H29BrN2. The Bertz CT molecular complexity index is 421. The third-order valence-corrected chi connectivity index (χ3v) is 3.53. The Kier molecular flexibility index (Phi) is 6.53. The lowest BCUT2D eigenvalue weighted by Gasteiger charge is -2.30. The molecule has 0 bridgehead atoms. The van der Waals surface area contributed by atoms with Gasteiger partial charge in [-0.1, -0.05) is 56.6 Å². The standard InChI is InChI=1S/C17H29BrN2/c1-13(2)10-19-11-14-7-8-15(18)9-16(14)20(6)12-17(3,4)5/h7-9,13,19H,10-12H2,1-6H3. The number of rotatable bonds is 6. The van der Waals surface area contributed by atoms with Crippen LogP contribution in [0.4, 0.5) is 5.69 Å². The summed E-state index contributed by atoms with van der Waals surface area (Å²) in [6, 6.07) is 6.56. The number of benzene rings is 1. The van der Waals surface area contributed by atoms with Crippen LogP contribution < -0.4 is 10.2 Å². The first-order valence-corrected chi connectivity index (χ1v) is 8.18. The van der Waals surface area contributed by atoms with E-state index in [1.165, 1.54) is 11.3 Å². The molecule has 1 rings (SSSR count). The molecule has 1 N–H and O–H groups in total. The van der Waals surface area contributed by atoms with Crippen molar-refractivity contribution in [2.24, 2.45) is 11.3 Å². The fourth-order valence-corrected chi connectivity index (χ4v) is 2.68. The Morgan fingerprint density at radius 3 is 2.45 bits per heavy atom. The van der Waals surface area contributed by atoms with Gasteiger partial charge in [0.05, 0.1) is 0 Å². The molecule has 20 heavy (non-hydrogen) atoms. The molecule has 0 saturated heterocycles. The van der Waals surface area contributed by atoms with Crippen molar-refractivity contribution in [3.63, 3.8) is 0 Å².